The van der Waals surface area contributed by atoms with Crippen molar-refractivity contribution >= 4 is 36.3 Å². The van der Waals surface area contributed by atoms with Crippen molar-refractivity contribution in [3.63, 3.8) is 0 Å². The Balaban J connectivity index is 1.58. The first-order chi connectivity index (χ1) is 24.0. The standard InChI is InChI=1S/C37H48O14/c1-9-18(2)30(48-21(5)40)33(43)49-32-31(46-17-38)29(19(3)37-26(50-37)12-23(36(32,37)8)22-10-11-44-15-22)35(7)24-13-28(42)51-34(24,6)16-45-27(41)14-25(35)47-20(4)39/h10-11,15,17-19,23-26,29-32H,9,12-14,16H2,1-8H3. The van der Waals surface area contributed by atoms with Crippen molar-refractivity contribution < 1.29 is 66.3 Å². The van der Waals surface area contributed by atoms with Gasteiger partial charge in [-0.2, -0.15) is 0 Å². The first-order valence-electron chi connectivity index (χ1n) is 17.7. The van der Waals surface area contributed by atoms with Gasteiger partial charge in [0.15, 0.2) is 0 Å². The monoisotopic (exact) mass is 716 g/mol. The Hall–Kier alpha value is -3.94. The van der Waals surface area contributed by atoms with Crippen LogP contribution in [0, 0.1) is 34.5 Å². The Kier molecular flexibility index (Phi) is 9.34. The average molecular weight is 717 g/mol. The van der Waals surface area contributed by atoms with E-state index in [2.05, 4.69) is 0 Å². The number of esters is 5. The smallest absolute Gasteiger partial charge is 0.348 e. The van der Waals surface area contributed by atoms with Gasteiger partial charge in [0.1, 0.15) is 36.1 Å². The lowest BCUT2D eigenvalue weighted by atomic mass is 9.45. The molecule has 280 valence electrons. The van der Waals surface area contributed by atoms with Gasteiger partial charge in [-0.15, -0.1) is 0 Å². The molecule has 5 fully saturated rings. The van der Waals surface area contributed by atoms with E-state index in [0.717, 1.165) is 5.56 Å². The number of hydrogen-bond acceptors (Lipinski definition) is 14. The molecule has 0 N–H and O–H groups in total. The van der Waals surface area contributed by atoms with Crippen LogP contribution in [-0.2, 0) is 61.9 Å². The van der Waals surface area contributed by atoms with Gasteiger partial charge in [-0.25, -0.2) is 4.79 Å². The topological polar surface area (TPSA) is 183 Å². The van der Waals surface area contributed by atoms with E-state index in [1.165, 1.54) is 13.8 Å². The Morgan fingerprint density at radius 2 is 1.78 bits per heavy atom. The van der Waals surface area contributed by atoms with Crippen LogP contribution in [-0.4, -0.2) is 84.6 Å². The number of carbonyl (C=O) groups excluding carboxylic acids is 6. The summed E-state index contributed by atoms with van der Waals surface area (Å²) < 4.78 is 47.7. The number of carbonyl (C=O) groups is 6. The number of epoxide rings is 1. The van der Waals surface area contributed by atoms with Gasteiger partial charge in [0.25, 0.3) is 6.47 Å². The molecule has 2 aliphatic carbocycles. The zero-order chi connectivity index (χ0) is 37.3. The molecule has 3 saturated heterocycles. The van der Waals surface area contributed by atoms with Gasteiger partial charge in [-0.1, -0.05) is 34.6 Å². The molecule has 14 nitrogen and oxygen atoms in total. The van der Waals surface area contributed by atoms with E-state index >= 15 is 0 Å². The van der Waals surface area contributed by atoms with E-state index in [0.29, 0.717) is 12.8 Å². The largest absolute Gasteiger partial charge is 0.472 e. The van der Waals surface area contributed by atoms with Crippen LogP contribution < -0.4 is 0 Å². The van der Waals surface area contributed by atoms with Gasteiger partial charge in [0.05, 0.1) is 31.5 Å². The third-order valence-corrected chi connectivity index (χ3v) is 13.1. The van der Waals surface area contributed by atoms with E-state index in [1.54, 1.807) is 26.4 Å². The number of fused-ring (bicyclic) bond motifs is 1. The van der Waals surface area contributed by atoms with Crippen molar-refractivity contribution in [3.8, 4) is 0 Å². The minimum atomic E-state index is -1.34. The average Bonchev–Trinajstić information content (AvgIpc) is 3.30. The molecule has 0 radical (unpaired) electrons. The van der Waals surface area contributed by atoms with E-state index in [1.807, 2.05) is 33.8 Å². The summed E-state index contributed by atoms with van der Waals surface area (Å²) in [4.78, 5) is 78.3. The van der Waals surface area contributed by atoms with Crippen LogP contribution in [0.2, 0.25) is 0 Å². The molecule has 1 aromatic heterocycles. The number of ether oxygens (including phenoxy) is 7. The second-order valence-corrected chi connectivity index (χ2v) is 15.7. The third-order valence-electron chi connectivity index (χ3n) is 13.1. The molecule has 0 aromatic carbocycles. The zero-order valence-corrected chi connectivity index (χ0v) is 30.3. The van der Waals surface area contributed by atoms with Crippen LogP contribution in [0.5, 0.6) is 0 Å². The van der Waals surface area contributed by atoms with Gasteiger partial charge in [0.2, 0.25) is 6.10 Å². The molecule has 51 heavy (non-hydrogen) atoms. The van der Waals surface area contributed by atoms with Crippen LogP contribution in [0.25, 0.3) is 0 Å². The summed E-state index contributed by atoms with van der Waals surface area (Å²) in [6, 6.07) is 1.84. The summed E-state index contributed by atoms with van der Waals surface area (Å²) in [5.74, 6) is -6.16. The second kappa shape index (κ2) is 12.9. The van der Waals surface area contributed by atoms with Crippen LogP contribution in [0.15, 0.2) is 23.0 Å². The van der Waals surface area contributed by atoms with Crippen LogP contribution in [0.1, 0.15) is 92.6 Å². The zero-order valence-electron chi connectivity index (χ0n) is 30.3. The Morgan fingerprint density at radius 3 is 2.39 bits per heavy atom. The minimum Gasteiger partial charge on any atom is -0.472 e. The molecule has 1 spiro atoms. The molecule has 14 atom stereocenters. The minimum absolute atomic E-state index is 0.113. The molecule has 3 aliphatic heterocycles. The number of cyclic esters (lactones) is 1. The van der Waals surface area contributed by atoms with Crippen LogP contribution in [0.3, 0.4) is 0 Å². The normalized spacial score (nSPS) is 42.3. The Bertz CT molecular complexity index is 1570. The summed E-state index contributed by atoms with van der Waals surface area (Å²) in [5, 5.41) is 0. The highest BCUT2D eigenvalue weighted by Crippen LogP contribution is 2.77. The first kappa shape index (κ1) is 36.8. The van der Waals surface area contributed by atoms with Crippen molar-refractivity contribution in [3.05, 3.63) is 24.2 Å². The molecule has 14 heteroatoms. The first-order valence-corrected chi connectivity index (χ1v) is 17.7. The summed E-state index contributed by atoms with van der Waals surface area (Å²) in [6.07, 6.45) is -1.49. The summed E-state index contributed by atoms with van der Waals surface area (Å²) >= 11 is 0. The maximum Gasteiger partial charge on any atom is 0.348 e. The van der Waals surface area contributed by atoms with E-state index in [4.69, 9.17) is 37.6 Å². The molecular formula is C37H48O14. The molecule has 5 aliphatic rings. The lowest BCUT2D eigenvalue weighted by molar-refractivity contribution is -0.257. The second-order valence-electron chi connectivity index (χ2n) is 15.7. The van der Waals surface area contributed by atoms with Crippen molar-refractivity contribution in [2.24, 2.45) is 34.5 Å². The van der Waals surface area contributed by atoms with Crippen molar-refractivity contribution in [1.29, 1.82) is 0 Å². The molecule has 4 heterocycles. The van der Waals surface area contributed by atoms with Gasteiger partial charge in [-0.3, -0.25) is 24.0 Å². The quantitative estimate of drug-likeness (QED) is 0.147. The number of furan rings is 1. The predicted octanol–water partition coefficient (Wildman–Crippen LogP) is 3.81. The highest BCUT2D eigenvalue weighted by molar-refractivity contribution is 5.79. The van der Waals surface area contributed by atoms with Crippen molar-refractivity contribution in [2.45, 2.75) is 129 Å². The van der Waals surface area contributed by atoms with Gasteiger partial charge >= 0.3 is 29.8 Å². The molecule has 14 unspecified atom stereocenters. The van der Waals surface area contributed by atoms with E-state index in [9.17, 15) is 28.8 Å². The molecule has 2 saturated carbocycles. The highest BCUT2D eigenvalue weighted by atomic mass is 16.6. The molecule has 6 rings (SSSR count). The third kappa shape index (κ3) is 5.54. The maximum absolute atomic E-state index is 14.3. The van der Waals surface area contributed by atoms with Gasteiger partial charge < -0.3 is 37.6 Å². The number of hydrogen-bond donors (Lipinski definition) is 0. The summed E-state index contributed by atoms with van der Waals surface area (Å²) in [5.41, 5.74) is -3.87. The van der Waals surface area contributed by atoms with Crippen LogP contribution in [0.4, 0.5) is 0 Å². The molecule has 0 amide bonds. The summed E-state index contributed by atoms with van der Waals surface area (Å²) in [6.45, 7) is 13.5. The Labute approximate surface area is 296 Å². The van der Waals surface area contributed by atoms with E-state index < -0.39 is 100.0 Å². The fraction of sp³-hybridized carbons (Fsp3) is 0.730. The number of rotatable bonds is 10. The van der Waals surface area contributed by atoms with E-state index in [-0.39, 0.29) is 37.9 Å². The van der Waals surface area contributed by atoms with Gasteiger partial charge in [-0.05, 0) is 37.3 Å². The predicted molar refractivity (Wildman–Crippen MR) is 172 cm³/mol. The summed E-state index contributed by atoms with van der Waals surface area (Å²) in [7, 11) is 0. The lowest BCUT2D eigenvalue weighted by Gasteiger charge is -2.61. The SMILES string of the molecule is CCC(C)C(OC(C)=O)C(=O)OC1C(OC=O)C(C2(C)C(OC(C)=O)CC(=O)OCC3(C)OC(=O)CC32)C(C)C23OC2CC(c2ccoc2)C13C. The fourth-order valence-electron chi connectivity index (χ4n) is 10.7. The van der Waals surface area contributed by atoms with Crippen molar-refractivity contribution in [1.82, 2.24) is 0 Å². The highest BCUT2D eigenvalue weighted by Gasteiger charge is 2.86. The molecule has 0 bridgehead atoms. The molecular weight excluding hydrogens is 668 g/mol. The lowest BCUT2D eigenvalue weighted by Crippen LogP contribution is -2.71. The molecule has 1 aromatic rings. The maximum atomic E-state index is 14.3. The Morgan fingerprint density at radius 1 is 1.06 bits per heavy atom. The fourth-order valence-corrected chi connectivity index (χ4v) is 10.7. The van der Waals surface area contributed by atoms with Crippen LogP contribution >= 0.6 is 0 Å². The van der Waals surface area contributed by atoms with Gasteiger partial charge in [0, 0.05) is 48.3 Å². The van der Waals surface area contributed by atoms with Crippen molar-refractivity contribution in [2.75, 3.05) is 6.61 Å².